The molecular weight excluding hydrogens is 223 g/mol. The molecule has 4 nitrogen and oxygen atoms in total. The van der Waals surface area contributed by atoms with Crippen molar-refractivity contribution in [3.05, 3.63) is 34.1 Å². The summed E-state index contributed by atoms with van der Waals surface area (Å²) in [7, 11) is 0. The zero-order valence-corrected chi connectivity index (χ0v) is 10.1. The molecule has 1 unspecified atom stereocenters. The molecule has 0 heterocycles. The smallest absolute Gasteiger partial charge is 0.292 e. The standard InChI is InChI=1S/C12H17FN2O2/c1-3-4-5-9(2)14-11-8-10(13)6-7-12(11)15(16)17/h6-9,14H,3-5H2,1-2H3. The lowest BCUT2D eigenvalue weighted by molar-refractivity contribution is -0.384. The molecule has 1 rings (SSSR count). The van der Waals surface area contributed by atoms with E-state index in [-0.39, 0.29) is 17.4 Å². The van der Waals surface area contributed by atoms with E-state index in [9.17, 15) is 14.5 Å². The highest BCUT2D eigenvalue weighted by atomic mass is 19.1. The lowest BCUT2D eigenvalue weighted by Gasteiger charge is -2.14. The number of unbranched alkanes of at least 4 members (excludes halogenated alkanes) is 1. The monoisotopic (exact) mass is 240 g/mol. The fraction of sp³-hybridized carbons (Fsp3) is 0.500. The van der Waals surface area contributed by atoms with E-state index >= 15 is 0 Å². The van der Waals surface area contributed by atoms with Crippen LogP contribution in [0.4, 0.5) is 15.8 Å². The summed E-state index contributed by atoms with van der Waals surface area (Å²) in [5, 5.41) is 13.8. The van der Waals surface area contributed by atoms with Crippen LogP contribution >= 0.6 is 0 Å². The Morgan fingerprint density at radius 2 is 2.24 bits per heavy atom. The minimum absolute atomic E-state index is 0.0882. The first-order valence-electron chi connectivity index (χ1n) is 5.75. The Kier molecular flexibility index (Phi) is 4.87. The van der Waals surface area contributed by atoms with Gasteiger partial charge in [-0.05, 0) is 19.4 Å². The zero-order chi connectivity index (χ0) is 12.8. The Hall–Kier alpha value is -1.65. The molecule has 0 spiro atoms. The van der Waals surface area contributed by atoms with Crippen molar-refractivity contribution in [2.24, 2.45) is 0 Å². The molecule has 0 aliphatic rings. The van der Waals surface area contributed by atoms with Crippen molar-refractivity contribution in [1.29, 1.82) is 0 Å². The van der Waals surface area contributed by atoms with Gasteiger partial charge in [0, 0.05) is 18.2 Å². The average molecular weight is 240 g/mol. The number of hydrogen-bond donors (Lipinski definition) is 1. The van der Waals surface area contributed by atoms with Crippen molar-refractivity contribution in [3.63, 3.8) is 0 Å². The van der Waals surface area contributed by atoms with Crippen LogP contribution in [-0.2, 0) is 0 Å². The van der Waals surface area contributed by atoms with Gasteiger partial charge in [-0.15, -0.1) is 0 Å². The maximum Gasteiger partial charge on any atom is 0.292 e. The van der Waals surface area contributed by atoms with Crippen LogP contribution in [0.1, 0.15) is 33.1 Å². The molecule has 17 heavy (non-hydrogen) atoms. The Labute approximate surface area is 100.0 Å². The molecule has 0 fully saturated rings. The molecule has 5 heteroatoms. The topological polar surface area (TPSA) is 55.2 Å². The summed E-state index contributed by atoms with van der Waals surface area (Å²) in [6.45, 7) is 4.02. The predicted octanol–water partition coefficient (Wildman–Crippen LogP) is 3.72. The van der Waals surface area contributed by atoms with Gasteiger partial charge < -0.3 is 5.32 Å². The van der Waals surface area contributed by atoms with Crippen molar-refractivity contribution in [2.75, 3.05) is 5.32 Å². The highest BCUT2D eigenvalue weighted by molar-refractivity contribution is 5.61. The maximum absolute atomic E-state index is 13.1. The van der Waals surface area contributed by atoms with Crippen molar-refractivity contribution in [2.45, 2.75) is 39.2 Å². The lowest BCUT2D eigenvalue weighted by Crippen LogP contribution is -2.16. The van der Waals surface area contributed by atoms with Crippen LogP contribution in [0.15, 0.2) is 18.2 Å². The molecule has 1 atom stereocenters. The number of rotatable bonds is 6. The van der Waals surface area contributed by atoms with Gasteiger partial charge in [0.05, 0.1) is 4.92 Å². The first kappa shape index (κ1) is 13.4. The molecule has 1 N–H and O–H groups in total. The second-order valence-corrected chi connectivity index (χ2v) is 4.11. The summed E-state index contributed by atoms with van der Waals surface area (Å²) in [5.41, 5.74) is 0.161. The SMILES string of the molecule is CCCCC(C)Nc1cc(F)ccc1[N+](=O)[O-]. The number of anilines is 1. The van der Waals surface area contributed by atoms with Gasteiger partial charge in [0.2, 0.25) is 0 Å². The van der Waals surface area contributed by atoms with Gasteiger partial charge in [-0.2, -0.15) is 0 Å². The lowest BCUT2D eigenvalue weighted by atomic mass is 10.1. The first-order chi connectivity index (χ1) is 8.04. The first-order valence-corrected chi connectivity index (χ1v) is 5.75. The highest BCUT2D eigenvalue weighted by Gasteiger charge is 2.15. The summed E-state index contributed by atoms with van der Waals surface area (Å²) >= 11 is 0. The molecule has 0 bridgehead atoms. The summed E-state index contributed by atoms with van der Waals surface area (Å²) in [5.74, 6) is -0.471. The quantitative estimate of drug-likeness (QED) is 0.609. The number of nitrogens with zero attached hydrogens (tertiary/aromatic N) is 1. The number of nitrogens with one attached hydrogen (secondary N) is 1. The second kappa shape index (κ2) is 6.18. The van der Waals surface area contributed by atoms with E-state index in [2.05, 4.69) is 12.2 Å². The van der Waals surface area contributed by atoms with E-state index in [0.29, 0.717) is 0 Å². The molecule has 0 aliphatic heterocycles. The molecule has 1 aromatic rings. The van der Waals surface area contributed by atoms with Crippen molar-refractivity contribution in [3.8, 4) is 0 Å². The number of halogens is 1. The van der Waals surface area contributed by atoms with Crippen LogP contribution in [0, 0.1) is 15.9 Å². The number of nitro benzene ring substituents is 1. The molecule has 0 aliphatic carbocycles. The summed E-state index contributed by atoms with van der Waals surface area (Å²) < 4.78 is 13.1. The zero-order valence-electron chi connectivity index (χ0n) is 10.1. The number of benzene rings is 1. The molecule has 0 amide bonds. The van der Waals surface area contributed by atoms with Crippen LogP contribution in [0.2, 0.25) is 0 Å². The third-order valence-corrected chi connectivity index (χ3v) is 2.55. The van der Waals surface area contributed by atoms with Gasteiger partial charge in [-0.1, -0.05) is 19.8 Å². The summed E-state index contributed by atoms with van der Waals surface area (Å²) in [4.78, 5) is 10.3. The van der Waals surface area contributed by atoms with Crippen LogP contribution in [0.3, 0.4) is 0 Å². The van der Waals surface area contributed by atoms with E-state index in [1.54, 1.807) is 0 Å². The minimum atomic E-state index is -0.506. The Balaban J connectivity index is 2.81. The Bertz CT molecular complexity index is 396. The molecule has 94 valence electrons. The molecule has 1 aromatic carbocycles. The van der Waals surface area contributed by atoms with E-state index < -0.39 is 10.7 Å². The number of nitro groups is 1. The largest absolute Gasteiger partial charge is 0.377 e. The van der Waals surface area contributed by atoms with Gasteiger partial charge in [-0.3, -0.25) is 10.1 Å². The van der Waals surface area contributed by atoms with Crippen LogP contribution in [0.25, 0.3) is 0 Å². The van der Waals surface area contributed by atoms with Gasteiger partial charge in [0.15, 0.2) is 0 Å². The average Bonchev–Trinajstić information content (AvgIpc) is 2.26. The summed E-state index contributed by atoms with van der Waals surface area (Å²) in [6.07, 6.45) is 3.01. The van der Waals surface area contributed by atoms with Gasteiger partial charge in [-0.25, -0.2) is 4.39 Å². The van der Waals surface area contributed by atoms with Gasteiger partial charge in [0.25, 0.3) is 5.69 Å². The summed E-state index contributed by atoms with van der Waals surface area (Å²) in [6, 6.07) is 3.54. The fourth-order valence-electron chi connectivity index (χ4n) is 1.63. The van der Waals surface area contributed by atoms with Crippen LogP contribution in [0.5, 0.6) is 0 Å². The third-order valence-electron chi connectivity index (χ3n) is 2.55. The van der Waals surface area contributed by atoms with Crippen molar-refractivity contribution in [1.82, 2.24) is 0 Å². The second-order valence-electron chi connectivity index (χ2n) is 4.11. The normalized spacial score (nSPS) is 12.2. The van der Waals surface area contributed by atoms with E-state index in [0.717, 1.165) is 25.3 Å². The molecule has 0 aromatic heterocycles. The van der Waals surface area contributed by atoms with Crippen LogP contribution < -0.4 is 5.32 Å². The van der Waals surface area contributed by atoms with E-state index in [4.69, 9.17) is 0 Å². The Morgan fingerprint density at radius 3 is 2.82 bits per heavy atom. The predicted molar refractivity (Wildman–Crippen MR) is 65.7 cm³/mol. The van der Waals surface area contributed by atoms with Gasteiger partial charge >= 0.3 is 0 Å². The minimum Gasteiger partial charge on any atom is -0.377 e. The van der Waals surface area contributed by atoms with E-state index in [1.165, 1.54) is 12.1 Å². The highest BCUT2D eigenvalue weighted by Crippen LogP contribution is 2.26. The molecule has 0 radical (unpaired) electrons. The third kappa shape index (κ3) is 4.01. The Morgan fingerprint density at radius 1 is 1.53 bits per heavy atom. The van der Waals surface area contributed by atoms with Crippen LogP contribution in [-0.4, -0.2) is 11.0 Å². The van der Waals surface area contributed by atoms with Gasteiger partial charge in [0.1, 0.15) is 11.5 Å². The van der Waals surface area contributed by atoms with Crippen molar-refractivity contribution < 1.29 is 9.31 Å². The number of hydrogen-bond acceptors (Lipinski definition) is 3. The molecule has 0 saturated carbocycles. The molecule has 0 saturated heterocycles. The van der Waals surface area contributed by atoms with Crippen molar-refractivity contribution >= 4 is 11.4 Å². The fourth-order valence-corrected chi connectivity index (χ4v) is 1.63. The van der Waals surface area contributed by atoms with E-state index in [1.807, 2.05) is 6.92 Å². The molecular formula is C12H17FN2O2. The maximum atomic E-state index is 13.1.